The van der Waals surface area contributed by atoms with Crippen LogP contribution in [0.5, 0.6) is 0 Å². The maximum atomic E-state index is 10.9. The molecule has 0 radical (unpaired) electrons. The van der Waals surface area contributed by atoms with E-state index in [0.29, 0.717) is 0 Å². The summed E-state index contributed by atoms with van der Waals surface area (Å²) in [5, 5.41) is 0. The van der Waals surface area contributed by atoms with E-state index >= 15 is 0 Å². The number of carbonyl (C=O) groups is 1. The van der Waals surface area contributed by atoms with Gasteiger partial charge >= 0.3 is 5.97 Å². The molecule has 0 aliphatic carbocycles. The van der Waals surface area contributed by atoms with Gasteiger partial charge in [-0.3, -0.25) is 0 Å². The first-order valence-corrected chi connectivity index (χ1v) is 3.51. The van der Waals surface area contributed by atoms with E-state index in [1.54, 1.807) is 0 Å². The van der Waals surface area contributed by atoms with Crippen molar-refractivity contribution in [3.05, 3.63) is 7.05 Å². The molecule has 1 fully saturated rings. The number of likely N-dealkylation sites (tertiary alicyclic amines) is 1. The zero-order valence-electron chi connectivity index (χ0n) is 6.22. The molecule has 0 aromatic heterocycles. The molecule has 1 unspecified atom stereocenters. The lowest BCUT2D eigenvalue weighted by Crippen LogP contribution is -3.09. The number of carbonyl (C=O) groups excluding carboxylic acids is 1. The Hall–Kier alpha value is -0.570. The van der Waals surface area contributed by atoms with Crippen LogP contribution in [0.3, 0.4) is 0 Å². The third kappa shape index (κ3) is 1.29. The maximum absolute atomic E-state index is 10.9. The third-order valence-electron chi connectivity index (χ3n) is 1.97. The Morgan fingerprint density at radius 2 is 2.50 bits per heavy atom. The molecule has 0 aromatic carbocycles. The second-order valence-electron chi connectivity index (χ2n) is 2.63. The van der Waals surface area contributed by atoms with E-state index in [-0.39, 0.29) is 12.0 Å². The molecule has 0 aromatic rings. The fourth-order valence-electron chi connectivity index (χ4n) is 1.34. The highest BCUT2D eigenvalue weighted by atomic mass is 16.5. The number of hydrogen-bond donors (Lipinski definition) is 1. The van der Waals surface area contributed by atoms with Crippen LogP contribution < -0.4 is 4.90 Å². The first-order chi connectivity index (χ1) is 4.75. The van der Waals surface area contributed by atoms with Crippen LogP contribution in [0.2, 0.25) is 0 Å². The molecule has 3 nitrogen and oxygen atoms in total. The van der Waals surface area contributed by atoms with Gasteiger partial charge in [0.25, 0.3) is 0 Å². The van der Waals surface area contributed by atoms with Gasteiger partial charge < -0.3 is 9.64 Å². The fraction of sp³-hybridized carbons (Fsp3) is 0.714. The summed E-state index contributed by atoms with van der Waals surface area (Å²) in [6.07, 6.45) is 2.00. The predicted molar refractivity (Wildman–Crippen MR) is 36.2 cm³/mol. The Morgan fingerprint density at radius 3 is 2.90 bits per heavy atom. The Labute approximate surface area is 61.0 Å². The highest BCUT2D eigenvalue weighted by Crippen LogP contribution is 2.00. The topological polar surface area (TPSA) is 30.7 Å². The minimum Gasteiger partial charge on any atom is -0.465 e. The highest BCUT2D eigenvalue weighted by molar-refractivity contribution is 5.74. The minimum atomic E-state index is -0.123. The molecule has 1 aliphatic heterocycles. The lowest BCUT2D eigenvalue weighted by Gasteiger charge is -2.19. The van der Waals surface area contributed by atoms with Crippen molar-refractivity contribution in [3.63, 3.8) is 0 Å². The molecule has 1 saturated heterocycles. The van der Waals surface area contributed by atoms with Crippen LogP contribution in [0.4, 0.5) is 0 Å². The Balaban J connectivity index is 2.46. The number of nitrogens with one attached hydrogen (secondary N) is 1. The second kappa shape index (κ2) is 3.01. The van der Waals surface area contributed by atoms with Gasteiger partial charge in [-0.25, -0.2) is 4.79 Å². The first kappa shape index (κ1) is 7.54. The Kier molecular flexibility index (Phi) is 2.27. The van der Waals surface area contributed by atoms with Crippen LogP contribution in [0, 0.1) is 7.05 Å². The van der Waals surface area contributed by atoms with Crippen LogP contribution in [0.15, 0.2) is 0 Å². The molecule has 0 bridgehead atoms. The molecule has 1 aliphatic rings. The standard InChI is InChI=1S/C7H13NO2/c1-8-5-3-4-6(8)7(9)10-2/h6,8H,1,3-5H2,2H3/t6-/m1/s1. The van der Waals surface area contributed by atoms with Crippen molar-refractivity contribution in [3.8, 4) is 0 Å². The van der Waals surface area contributed by atoms with Crippen LogP contribution in [-0.4, -0.2) is 25.7 Å². The Morgan fingerprint density at radius 1 is 1.80 bits per heavy atom. The van der Waals surface area contributed by atoms with Gasteiger partial charge in [0.1, 0.15) is 0 Å². The molecule has 10 heavy (non-hydrogen) atoms. The summed E-state index contributed by atoms with van der Waals surface area (Å²) in [5.41, 5.74) is 0. The molecule has 1 rings (SSSR count). The monoisotopic (exact) mass is 143 g/mol. The van der Waals surface area contributed by atoms with Crippen LogP contribution >= 0.6 is 0 Å². The fourth-order valence-corrected chi connectivity index (χ4v) is 1.34. The van der Waals surface area contributed by atoms with E-state index in [0.717, 1.165) is 24.3 Å². The van der Waals surface area contributed by atoms with Gasteiger partial charge in [0.15, 0.2) is 6.04 Å². The van der Waals surface area contributed by atoms with Gasteiger partial charge in [-0.05, 0) is 0 Å². The van der Waals surface area contributed by atoms with Crippen molar-refractivity contribution < 1.29 is 14.4 Å². The molecule has 3 heteroatoms. The molecule has 0 saturated carbocycles. The van der Waals surface area contributed by atoms with Crippen molar-refractivity contribution in [2.45, 2.75) is 18.9 Å². The van der Waals surface area contributed by atoms with Gasteiger partial charge in [-0.2, -0.15) is 0 Å². The SMILES string of the molecule is [CH2-][NH+]1CCC[C@@H]1C(=O)OC. The summed E-state index contributed by atoms with van der Waals surface area (Å²) in [6.45, 7) is 0.986. The quantitative estimate of drug-likeness (QED) is 0.377. The summed E-state index contributed by atoms with van der Waals surface area (Å²) >= 11 is 0. The van der Waals surface area contributed by atoms with Gasteiger partial charge in [0.05, 0.1) is 13.7 Å². The number of hydrogen-bond acceptors (Lipinski definition) is 2. The molecule has 1 heterocycles. The van der Waals surface area contributed by atoms with E-state index in [9.17, 15) is 4.79 Å². The van der Waals surface area contributed by atoms with Crippen molar-refractivity contribution in [1.82, 2.24) is 0 Å². The summed E-state index contributed by atoms with van der Waals surface area (Å²) in [5.74, 6) is -0.123. The second-order valence-corrected chi connectivity index (χ2v) is 2.63. The lowest BCUT2D eigenvalue weighted by molar-refractivity contribution is -0.857. The van der Waals surface area contributed by atoms with E-state index in [1.165, 1.54) is 7.11 Å². The summed E-state index contributed by atoms with van der Waals surface area (Å²) in [7, 11) is 5.23. The van der Waals surface area contributed by atoms with Gasteiger partial charge in [-0.15, -0.1) is 7.05 Å². The molecule has 1 N–H and O–H groups in total. The summed E-state index contributed by atoms with van der Waals surface area (Å²) in [4.78, 5) is 12.0. The molecular weight excluding hydrogens is 130 g/mol. The van der Waals surface area contributed by atoms with Crippen molar-refractivity contribution in [2.75, 3.05) is 13.7 Å². The largest absolute Gasteiger partial charge is 0.465 e. The predicted octanol–water partition coefficient (Wildman–Crippen LogP) is -1.00. The van der Waals surface area contributed by atoms with Crippen molar-refractivity contribution in [2.24, 2.45) is 0 Å². The number of methoxy groups -OCH3 is 1. The van der Waals surface area contributed by atoms with Crippen LogP contribution in [0.1, 0.15) is 12.8 Å². The molecule has 2 atom stereocenters. The average Bonchev–Trinajstić information content (AvgIpc) is 2.34. The highest BCUT2D eigenvalue weighted by Gasteiger charge is 2.28. The number of esters is 1. The Bertz CT molecular complexity index is 136. The van der Waals surface area contributed by atoms with Crippen LogP contribution in [0.25, 0.3) is 0 Å². The van der Waals surface area contributed by atoms with Gasteiger partial charge in [-0.1, -0.05) is 0 Å². The number of ether oxygens (including phenoxy) is 1. The zero-order chi connectivity index (χ0) is 7.56. The smallest absolute Gasteiger partial charge is 0.362 e. The van der Waals surface area contributed by atoms with E-state index < -0.39 is 0 Å². The first-order valence-electron chi connectivity index (χ1n) is 3.51. The van der Waals surface area contributed by atoms with Gasteiger partial charge in [0, 0.05) is 12.8 Å². The molecular formula is C7H13NO2. The van der Waals surface area contributed by atoms with Crippen molar-refractivity contribution >= 4 is 5.97 Å². The molecule has 0 amide bonds. The molecule has 58 valence electrons. The van der Waals surface area contributed by atoms with E-state index in [2.05, 4.69) is 11.8 Å². The minimum absolute atomic E-state index is 0.00926. The average molecular weight is 143 g/mol. The van der Waals surface area contributed by atoms with E-state index in [1.807, 2.05) is 0 Å². The third-order valence-corrected chi connectivity index (χ3v) is 1.97. The van der Waals surface area contributed by atoms with E-state index in [4.69, 9.17) is 0 Å². The maximum Gasteiger partial charge on any atom is 0.362 e. The van der Waals surface area contributed by atoms with Gasteiger partial charge in [0.2, 0.25) is 0 Å². The summed E-state index contributed by atoms with van der Waals surface area (Å²) < 4.78 is 4.60. The van der Waals surface area contributed by atoms with Crippen LogP contribution in [-0.2, 0) is 9.53 Å². The number of quaternary nitrogens is 1. The summed E-state index contributed by atoms with van der Waals surface area (Å²) in [6, 6.07) is -0.00926. The lowest BCUT2D eigenvalue weighted by atomic mass is 10.2. The van der Waals surface area contributed by atoms with Crippen molar-refractivity contribution in [1.29, 1.82) is 0 Å². The molecule has 0 spiro atoms. The number of rotatable bonds is 1. The zero-order valence-corrected chi connectivity index (χ0v) is 6.22. The normalized spacial score (nSPS) is 32.2.